The molecule has 2 heterocycles. The highest BCUT2D eigenvalue weighted by molar-refractivity contribution is 5.20. The van der Waals surface area contributed by atoms with Gasteiger partial charge < -0.3 is 14.7 Å². The van der Waals surface area contributed by atoms with Gasteiger partial charge in [0.2, 0.25) is 5.88 Å². The standard InChI is InChI=1S/C15H21F3N2O2/c1-11(9-20-6-2-3-7-20)14(21)12-4-5-13(19-8-12)22-10-15(16,17)18/h4-5,8,11,14,21H,2-3,6-7,9-10H2,1H3/t11-,14?/m1/s1. The monoisotopic (exact) mass is 318 g/mol. The first kappa shape index (κ1) is 17.0. The van der Waals surface area contributed by atoms with Gasteiger partial charge in [0, 0.05) is 18.8 Å². The Morgan fingerprint density at radius 1 is 1.32 bits per heavy atom. The molecule has 1 aliphatic heterocycles. The molecule has 1 aliphatic rings. The number of ether oxygens (including phenoxy) is 1. The molecule has 0 bridgehead atoms. The fraction of sp³-hybridized carbons (Fsp3) is 0.667. The molecular formula is C15H21F3N2O2. The molecule has 0 saturated carbocycles. The van der Waals surface area contributed by atoms with Gasteiger partial charge in [-0.15, -0.1) is 0 Å². The zero-order valence-electron chi connectivity index (χ0n) is 12.5. The van der Waals surface area contributed by atoms with E-state index in [2.05, 4.69) is 14.6 Å². The van der Waals surface area contributed by atoms with Gasteiger partial charge in [-0.2, -0.15) is 13.2 Å². The number of aromatic nitrogens is 1. The minimum absolute atomic E-state index is 0.0295. The number of hydrogen-bond acceptors (Lipinski definition) is 4. The smallest absolute Gasteiger partial charge is 0.422 e. The van der Waals surface area contributed by atoms with Crippen molar-refractivity contribution < 1.29 is 23.0 Å². The molecule has 4 nitrogen and oxygen atoms in total. The van der Waals surface area contributed by atoms with Gasteiger partial charge >= 0.3 is 6.18 Å². The number of hydrogen-bond donors (Lipinski definition) is 1. The minimum Gasteiger partial charge on any atom is -0.468 e. The molecule has 0 aliphatic carbocycles. The Hall–Kier alpha value is -1.34. The maximum atomic E-state index is 12.1. The number of pyridine rings is 1. The lowest BCUT2D eigenvalue weighted by Crippen LogP contribution is -2.28. The highest BCUT2D eigenvalue weighted by atomic mass is 19.4. The van der Waals surface area contributed by atoms with Crippen LogP contribution in [0.2, 0.25) is 0 Å². The summed E-state index contributed by atoms with van der Waals surface area (Å²) in [7, 11) is 0. The average molecular weight is 318 g/mol. The van der Waals surface area contributed by atoms with Crippen LogP contribution in [-0.4, -0.2) is 47.4 Å². The van der Waals surface area contributed by atoms with E-state index in [9.17, 15) is 18.3 Å². The summed E-state index contributed by atoms with van der Waals surface area (Å²) in [5, 5.41) is 10.3. The molecule has 22 heavy (non-hydrogen) atoms. The van der Waals surface area contributed by atoms with Crippen LogP contribution in [0.15, 0.2) is 18.3 Å². The Kier molecular flexibility index (Phi) is 5.63. The van der Waals surface area contributed by atoms with Crippen molar-refractivity contribution in [3.63, 3.8) is 0 Å². The number of rotatable bonds is 6. The maximum absolute atomic E-state index is 12.1. The van der Waals surface area contributed by atoms with E-state index in [4.69, 9.17) is 0 Å². The number of alkyl halides is 3. The molecule has 2 rings (SSSR count). The first-order valence-electron chi connectivity index (χ1n) is 7.41. The van der Waals surface area contributed by atoms with Gasteiger partial charge in [-0.25, -0.2) is 4.98 Å². The van der Waals surface area contributed by atoms with Gasteiger partial charge in [-0.3, -0.25) is 0 Å². The first-order chi connectivity index (χ1) is 10.3. The number of aliphatic hydroxyl groups is 1. The quantitative estimate of drug-likeness (QED) is 0.876. The summed E-state index contributed by atoms with van der Waals surface area (Å²) in [6.07, 6.45) is -1.32. The summed E-state index contributed by atoms with van der Waals surface area (Å²) in [5.41, 5.74) is 0.589. The van der Waals surface area contributed by atoms with Crippen molar-refractivity contribution in [3.05, 3.63) is 23.9 Å². The molecule has 1 aromatic rings. The second kappa shape index (κ2) is 7.28. The molecular weight excluding hydrogens is 297 g/mol. The fourth-order valence-corrected chi connectivity index (χ4v) is 2.61. The largest absolute Gasteiger partial charge is 0.468 e. The predicted molar refractivity (Wildman–Crippen MR) is 75.6 cm³/mol. The van der Waals surface area contributed by atoms with E-state index in [1.807, 2.05) is 6.92 Å². The SMILES string of the molecule is C[C@H](CN1CCCC1)C(O)c1ccc(OCC(F)(F)F)nc1. The van der Waals surface area contributed by atoms with Crippen molar-refractivity contribution in [3.8, 4) is 5.88 Å². The molecule has 0 spiro atoms. The number of nitrogens with zero attached hydrogens (tertiary/aromatic N) is 2. The van der Waals surface area contributed by atoms with Gasteiger partial charge in [0.25, 0.3) is 0 Å². The summed E-state index contributed by atoms with van der Waals surface area (Å²) >= 11 is 0. The van der Waals surface area contributed by atoms with Crippen molar-refractivity contribution in [1.29, 1.82) is 0 Å². The Morgan fingerprint density at radius 2 is 2.00 bits per heavy atom. The number of halogens is 3. The van der Waals surface area contributed by atoms with E-state index in [0.29, 0.717) is 5.56 Å². The van der Waals surface area contributed by atoms with E-state index in [1.165, 1.54) is 25.1 Å². The van der Waals surface area contributed by atoms with Crippen molar-refractivity contribution in [2.45, 2.75) is 32.0 Å². The van der Waals surface area contributed by atoms with Gasteiger partial charge in [0.05, 0.1) is 6.10 Å². The van der Waals surface area contributed by atoms with E-state index in [1.54, 1.807) is 6.07 Å². The lowest BCUT2D eigenvalue weighted by molar-refractivity contribution is -0.154. The zero-order chi connectivity index (χ0) is 16.2. The normalized spacial score (nSPS) is 19.1. The fourth-order valence-electron chi connectivity index (χ4n) is 2.61. The van der Waals surface area contributed by atoms with Gasteiger partial charge in [0.15, 0.2) is 6.61 Å². The highest BCUT2D eigenvalue weighted by Crippen LogP contribution is 2.25. The van der Waals surface area contributed by atoms with Crippen LogP contribution in [0, 0.1) is 5.92 Å². The molecule has 124 valence electrons. The van der Waals surface area contributed by atoms with Gasteiger partial charge in [0.1, 0.15) is 0 Å². The van der Waals surface area contributed by atoms with Crippen LogP contribution < -0.4 is 4.74 Å². The molecule has 1 saturated heterocycles. The summed E-state index contributed by atoms with van der Waals surface area (Å²) in [5.74, 6) is -0.0673. The lowest BCUT2D eigenvalue weighted by Gasteiger charge is -2.24. The molecule has 1 unspecified atom stereocenters. The van der Waals surface area contributed by atoms with Crippen LogP contribution in [0.25, 0.3) is 0 Å². The van der Waals surface area contributed by atoms with E-state index >= 15 is 0 Å². The Morgan fingerprint density at radius 3 is 2.55 bits per heavy atom. The van der Waals surface area contributed by atoms with Crippen LogP contribution in [0.5, 0.6) is 5.88 Å². The molecule has 0 radical (unpaired) electrons. The van der Waals surface area contributed by atoms with E-state index in [0.717, 1.165) is 19.6 Å². The number of likely N-dealkylation sites (tertiary alicyclic amines) is 1. The van der Waals surface area contributed by atoms with Crippen molar-refractivity contribution >= 4 is 0 Å². The van der Waals surface area contributed by atoms with Crippen LogP contribution in [0.4, 0.5) is 13.2 Å². The van der Waals surface area contributed by atoms with Crippen LogP contribution in [-0.2, 0) is 0 Å². The van der Waals surface area contributed by atoms with Crippen molar-refractivity contribution in [2.24, 2.45) is 5.92 Å². The average Bonchev–Trinajstić information content (AvgIpc) is 2.97. The second-order valence-corrected chi connectivity index (χ2v) is 5.76. The predicted octanol–water partition coefficient (Wildman–Crippen LogP) is 2.79. The van der Waals surface area contributed by atoms with Crippen LogP contribution >= 0.6 is 0 Å². The second-order valence-electron chi connectivity index (χ2n) is 5.76. The number of aliphatic hydroxyl groups excluding tert-OH is 1. The third-order valence-corrected chi connectivity index (χ3v) is 3.77. The highest BCUT2D eigenvalue weighted by Gasteiger charge is 2.28. The lowest BCUT2D eigenvalue weighted by atomic mass is 9.98. The summed E-state index contributed by atoms with van der Waals surface area (Å²) in [6.45, 7) is 3.50. The molecule has 7 heteroatoms. The van der Waals surface area contributed by atoms with Crippen LogP contribution in [0.1, 0.15) is 31.4 Å². The molecule has 1 N–H and O–H groups in total. The zero-order valence-corrected chi connectivity index (χ0v) is 12.5. The Labute approximate surface area is 127 Å². The minimum atomic E-state index is -4.38. The Bertz CT molecular complexity index is 459. The molecule has 0 aromatic carbocycles. The topological polar surface area (TPSA) is 45.6 Å². The van der Waals surface area contributed by atoms with Crippen molar-refractivity contribution in [1.82, 2.24) is 9.88 Å². The first-order valence-corrected chi connectivity index (χ1v) is 7.41. The third kappa shape index (κ3) is 5.14. The van der Waals surface area contributed by atoms with E-state index in [-0.39, 0.29) is 11.8 Å². The van der Waals surface area contributed by atoms with Crippen LogP contribution in [0.3, 0.4) is 0 Å². The van der Waals surface area contributed by atoms with E-state index < -0.39 is 18.9 Å². The summed E-state index contributed by atoms with van der Waals surface area (Å²) < 4.78 is 40.7. The third-order valence-electron chi connectivity index (χ3n) is 3.77. The molecule has 1 fully saturated rings. The summed E-state index contributed by atoms with van der Waals surface area (Å²) in [6, 6.07) is 2.91. The maximum Gasteiger partial charge on any atom is 0.422 e. The van der Waals surface area contributed by atoms with Gasteiger partial charge in [-0.1, -0.05) is 6.92 Å². The molecule has 2 atom stereocenters. The van der Waals surface area contributed by atoms with Crippen molar-refractivity contribution in [2.75, 3.05) is 26.2 Å². The van der Waals surface area contributed by atoms with Gasteiger partial charge in [-0.05, 0) is 43.5 Å². The molecule has 1 aromatic heterocycles. The summed E-state index contributed by atoms with van der Waals surface area (Å²) in [4.78, 5) is 6.13. The molecule has 0 amide bonds. The Balaban J connectivity index is 1.88.